The monoisotopic (exact) mass is 291 g/mol. The van der Waals surface area contributed by atoms with Crippen LogP contribution in [0.5, 0.6) is 5.75 Å². The van der Waals surface area contributed by atoms with Crippen LogP contribution in [0.15, 0.2) is 12.1 Å². The summed E-state index contributed by atoms with van der Waals surface area (Å²) < 4.78 is 5.57. The molecule has 1 aromatic carbocycles. The number of hydrogen-bond acceptors (Lipinski definition) is 5. The average Bonchev–Trinajstić information content (AvgIpc) is 2.39. The van der Waals surface area contributed by atoms with Crippen LogP contribution < -0.4 is 10.5 Å². The Morgan fingerprint density at radius 1 is 1.43 bits per heavy atom. The van der Waals surface area contributed by atoms with Gasteiger partial charge in [0, 0.05) is 6.07 Å². The van der Waals surface area contributed by atoms with Crippen molar-refractivity contribution in [3.05, 3.63) is 33.4 Å². The fourth-order valence-corrected chi connectivity index (χ4v) is 2.08. The predicted octanol–water partition coefficient (Wildman–Crippen LogP) is 3.00. The number of nitrogens with two attached hydrogens (primary N) is 1. The molecule has 0 aliphatic rings. The van der Waals surface area contributed by atoms with Gasteiger partial charge in [-0.3, -0.25) is 10.1 Å². The van der Waals surface area contributed by atoms with Crippen molar-refractivity contribution in [2.75, 3.05) is 6.61 Å². The molecule has 6 nitrogen and oxygen atoms in total. The number of nitrogens with zero attached hydrogens (tertiary/aromatic N) is 2. The molecule has 0 amide bonds. The lowest BCUT2D eigenvalue weighted by Crippen LogP contribution is -2.33. The van der Waals surface area contributed by atoms with E-state index in [4.69, 9.17) is 15.7 Å². The van der Waals surface area contributed by atoms with E-state index < -0.39 is 10.5 Å². The van der Waals surface area contributed by atoms with E-state index in [0.717, 1.165) is 17.5 Å². The van der Waals surface area contributed by atoms with Gasteiger partial charge in [-0.05, 0) is 51.2 Å². The Morgan fingerprint density at radius 3 is 2.67 bits per heavy atom. The van der Waals surface area contributed by atoms with Crippen LogP contribution in [0.3, 0.4) is 0 Å². The van der Waals surface area contributed by atoms with Crippen LogP contribution in [0.1, 0.15) is 37.3 Å². The third-order valence-electron chi connectivity index (χ3n) is 3.19. The SMILES string of the molecule is Cc1cc(C)c(OCCCCC(C)(N)C#N)c([N+](=O)[O-])c1. The van der Waals surface area contributed by atoms with Crippen LogP contribution in [0.2, 0.25) is 0 Å². The quantitative estimate of drug-likeness (QED) is 0.472. The Balaban J connectivity index is 2.61. The second kappa shape index (κ2) is 7.04. The van der Waals surface area contributed by atoms with E-state index in [-0.39, 0.29) is 5.69 Å². The van der Waals surface area contributed by atoms with Crippen molar-refractivity contribution in [2.45, 2.75) is 45.6 Å². The normalized spacial score (nSPS) is 13.3. The average molecular weight is 291 g/mol. The smallest absolute Gasteiger partial charge is 0.311 e. The molecule has 0 aromatic heterocycles. The predicted molar refractivity (Wildman–Crippen MR) is 80.1 cm³/mol. The maximum Gasteiger partial charge on any atom is 0.311 e. The third-order valence-corrected chi connectivity index (χ3v) is 3.19. The summed E-state index contributed by atoms with van der Waals surface area (Å²) in [5.41, 5.74) is 6.47. The molecule has 2 N–H and O–H groups in total. The van der Waals surface area contributed by atoms with Crippen LogP contribution in [0, 0.1) is 35.3 Å². The largest absolute Gasteiger partial charge is 0.487 e. The highest BCUT2D eigenvalue weighted by Crippen LogP contribution is 2.32. The number of unbranched alkanes of at least 4 members (excludes halogenated alkanes) is 1. The van der Waals surface area contributed by atoms with Crippen LogP contribution in [-0.2, 0) is 0 Å². The highest BCUT2D eigenvalue weighted by Gasteiger charge is 2.19. The van der Waals surface area contributed by atoms with E-state index in [2.05, 4.69) is 0 Å². The van der Waals surface area contributed by atoms with Crippen molar-refractivity contribution in [3.63, 3.8) is 0 Å². The number of ether oxygens (including phenoxy) is 1. The van der Waals surface area contributed by atoms with Crippen molar-refractivity contribution in [1.82, 2.24) is 0 Å². The molecule has 1 unspecified atom stereocenters. The molecule has 1 aromatic rings. The number of aryl methyl sites for hydroxylation is 2. The van der Waals surface area contributed by atoms with Gasteiger partial charge in [-0.1, -0.05) is 6.07 Å². The van der Waals surface area contributed by atoms with E-state index in [1.54, 1.807) is 13.8 Å². The molecule has 0 spiro atoms. The molecule has 1 rings (SSSR count). The van der Waals surface area contributed by atoms with Gasteiger partial charge in [0.25, 0.3) is 0 Å². The summed E-state index contributed by atoms with van der Waals surface area (Å²) in [5, 5.41) is 19.9. The van der Waals surface area contributed by atoms with Gasteiger partial charge in [-0.2, -0.15) is 5.26 Å². The van der Waals surface area contributed by atoms with Crippen molar-refractivity contribution >= 4 is 5.69 Å². The van der Waals surface area contributed by atoms with Crippen LogP contribution in [-0.4, -0.2) is 17.1 Å². The summed E-state index contributed by atoms with van der Waals surface area (Å²) in [6, 6.07) is 5.40. The Bertz CT molecular complexity index is 562. The van der Waals surface area contributed by atoms with Gasteiger partial charge in [-0.25, -0.2) is 0 Å². The number of nitriles is 1. The minimum atomic E-state index is -0.828. The molecule has 0 aliphatic heterocycles. The summed E-state index contributed by atoms with van der Waals surface area (Å²) >= 11 is 0. The Morgan fingerprint density at radius 2 is 2.10 bits per heavy atom. The fourth-order valence-electron chi connectivity index (χ4n) is 2.08. The zero-order valence-corrected chi connectivity index (χ0v) is 12.7. The summed E-state index contributed by atoms with van der Waals surface area (Å²) in [6.45, 7) is 5.66. The summed E-state index contributed by atoms with van der Waals surface area (Å²) in [6.07, 6.45) is 2.00. The van der Waals surface area contributed by atoms with Gasteiger partial charge in [0.1, 0.15) is 5.54 Å². The van der Waals surface area contributed by atoms with Crippen LogP contribution in [0.4, 0.5) is 5.69 Å². The third kappa shape index (κ3) is 5.04. The van der Waals surface area contributed by atoms with Gasteiger partial charge < -0.3 is 10.5 Å². The van der Waals surface area contributed by atoms with Gasteiger partial charge in [0.2, 0.25) is 0 Å². The van der Waals surface area contributed by atoms with Gasteiger partial charge in [0.15, 0.2) is 5.75 Å². The Labute approximate surface area is 124 Å². The van der Waals surface area contributed by atoms with E-state index in [0.29, 0.717) is 25.2 Å². The highest BCUT2D eigenvalue weighted by atomic mass is 16.6. The number of nitro benzene ring substituents is 1. The molecule has 0 radical (unpaired) electrons. The van der Waals surface area contributed by atoms with Crippen molar-refractivity contribution < 1.29 is 9.66 Å². The lowest BCUT2D eigenvalue weighted by Gasteiger charge is -2.15. The number of benzene rings is 1. The number of nitro groups is 1. The molecular formula is C15H21N3O3. The molecule has 21 heavy (non-hydrogen) atoms. The maximum atomic E-state index is 11.1. The lowest BCUT2D eigenvalue weighted by molar-refractivity contribution is -0.386. The van der Waals surface area contributed by atoms with E-state index in [1.807, 2.05) is 19.1 Å². The first-order valence-corrected chi connectivity index (χ1v) is 6.85. The van der Waals surface area contributed by atoms with Gasteiger partial charge in [-0.15, -0.1) is 0 Å². The molecule has 0 heterocycles. The van der Waals surface area contributed by atoms with Gasteiger partial charge >= 0.3 is 5.69 Å². The van der Waals surface area contributed by atoms with E-state index >= 15 is 0 Å². The first kappa shape index (κ1) is 16.9. The topological polar surface area (TPSA) is 102 Å². The lowest BCUT2D eigenvalue weighted by atomic mass is 9.98. The first-order valence-electron chi connectivity index (χ1n) is 6.85. The number of rotatable bonds is 7. The van der Waals surface area contributed by atoms with Crippen molar-refractivity contribution in [3.8, 4) is 11.8 Å². The maximum absolute atomic E-state index is 11.1. The van der Waals surface area contributed by atoms with Crippen LogP contribution >= 0.6 is 0 Å². The molecule has 0 saturated carbocycles. The Hall–Kier alpha value is -2.13. The highest BCUT2D eigenvalue weighted by molar-refractivity contribution is 5.53. The minimum Gasteiger partial charge on any atom is -0.487 e. The molecule has 1 atom stereocenters. The zero-order chi connectivity index (χ0) is 16.0. The Kier molecular flexibility index (Phi) is 5.68. The van der Waals surface area contributed by atoms with Crippen LogP contribution in [0.25, 0.3) is 0 Å². The minimum absolute atomic E-state index is 0.00631. The van der Waals surface area contributed by atoms with Crippen molar-refractivity contribution in [2.24, 2.45) is 5.73 Å². The number of hydrogen-bond donors (Lipinski definition) is 1. The fraction of sp³-hybridized carbons (Fsp3) is 0.533. The zero-order valence-electron chi connectivity index (χ0n) is 12.7. The molecule has 0 fully saturated rings. The molecule has 114 valence electrons. The van der Waals surface area contributed by atoms with E-state index in [1.165, 1.54) is 6.07 Å². The first-order chi connectivity index (χ1) is 9.76. The van der Waals surface area contributed by atoms with Crippen molar-refractivity contribution in [1.29, 1.82) is 5.26 Å². The van der Waals surface area contributed by atoms with Gasteiger partial charge in [0.05, 0.1) is 17.6 Å². The standard InChI is InChI=1S/C15H21N3O3/c1-11-8-12(2)14(13(9-11)18(19)20)21-7-5-4-6-15(3,17)10-16/h8-9H,4-7,17H2,1-3H3. The molecule has 6 heteroatoms. The summed E-state index contributed by atoms with van der Waals surface area (Å²) in [7, 11) is 0. The molecule has 0 aliphatic carbocycles. The summed E-state index contributed by atoms with van der Waals surface area (Å²) in [4.78, 5) is 10.6. The van der Waals surface area contributed by atoms with E-state index in [9.17, 15) is 10.1 Å². The molecular weight excluding hydrogens is 270 g/mol. The summed E-state index contributed by atoms with van der Waals surface area (Å²) in [5.74, 6) is 0.321. The molecule has 0 bridgehead atoms. The second-order valence-corrected chi connectivity index (χ2v) is 5.52. The second-order valence-electron chi connectivity index (χ2n) is 5.52. The molecule has 0 saturated heterocycles.